The third kappa shape index (κ3) is 2.08. The molecule has 0 fully saturated rings. The molecule has 2 aromatic rings. The van der Waals surface area contributed by atoms with Gasteiger partial charge in [-0.2, -0.15) is 0 Å². The SMILES string of the molecule is Clc1ccc(-c2cc3c(cn2)C=NCC3)cc1. The van der Waals surface area contributed by atoms with Crippen LogP contribution in [0.5, 0.6) is 0 Å². The first-order chi connectivity index (χ1) is 8.33. The Balaban J connectivity index is 2.04. The maximum atomic E-state index is 5.88. The lowest BCUT2D eigenvalue weighted by molar-refractivity contribution is 0.947. The molecule has 0 saturated heterocycles. The highest BCUT2D eigenvalue weighted by atomic mass is 35.5. The van der Waals surface area contributed by atoms with Gasteiger partial charge in [0.15, 0.2) is 0 Å². The Morgan fingerprint density at radius 3 is 2.76 bits per heavy atom. The topological polar surface area (TPSA) is 25.2 Å². The van der Waals surface area contributed by atoms with E-state index in [0.29, 0.717) is 0 Å². The molecule has 1 aliphatic rings. The summed E-state index contributed by atoms with van der Waals surface area (Å²) in [6.45, 7) is 0.872. The zero-order chi connectivity index (χ0) is 11.7. The van der Waals surface area contributed by atoms with Crippen molar-refractivity contribution in [1.29, 1.82) is 0 Å². The average molecular weight is 243 g/mol. The number of aliphatic imine (C=N–C) groups is 1. The number of nitrogens with zero attached hydrogens (tertiary/aromatic N) is 2. The van der Waals surface area contributed by atoms with Gasteiger partial charge in [-0.05, 0) is 30.2 Å². The molecular weight excluding hydrogens is 232 g/mol. The van der Waals surface area contributed by atoms with Crippen LogP contribution in [0.1, 0.15) is 11.1 Å². The van der Waals surface area contributed by atoms with Crippen LogP contribution in [0.15, 0.2) is 41.5 Å². The number of rotatable bonds is 1. The highest BCUT2D eigenvalue weighted by Crippen LogP contribution is 2.22. The minimum Gasteiger partial charge on any atom is -0.292 e. The van der Waals surface area contributed by atoms with E-state index in [1.165, 1.54) is 5.56 Å². The van der Waals surface area contributed by atoms with E-state index in [0.717, 1.165) is 34.8 Å². The summed E-state index contributed by atoms with van der Waals surface area (Å²) in [4.78, 5) is 8.71. The van der Waals surface area contributed by atoms with Crippen molar-refractivity contribution >= 4 is 17.8 Å². The van der Waals surface area contributed by atoms with Gasteiger partial charge in [0.2, 0.25) is 0 Å². The Kier molecular flexibility index (Phi) is 2.65. The first-order valence-corrected chi connectivity index (χ1v) is 5.95. The molecule has 1 aromatic carbocycles. The maximum absolute atomic E-state index is 5.88. The molecule has 0 atom stereocenters. The van der Waals surface area contributed by atoms with Crippen LogP contribution < -0.4 is 0 Å². The zero-order valence-corrected chi connectivity index (χ0v) is 9.98. The van der Waals surface area contributed by atoms with Crippen LogP contribution in [0.2, 0.25) is 5.02 Å². The number of fused-ring (bicyclic) bond motifs is 1. The van der Waals surface area contributed by atoms with Crippen LogP contribution >= 0.6 is 11.6 Å². The van der Waals surface area contributed by atoms with Gasteiger partial charge in [0.1, 0.15) is 0 Å². The fourth-order valence-corrected chi connectivity index (χ4v) is 2.09. The van der Waals surface area contributed by atoms with E-state index in [9.17, 15) is 0 Å². The molecule has 0 N–H and O–H groups in total. The highest BCUT2D eigenvalue weighted by molar-refractivity contribution is 6.30. The summed E-state index contributed by atoms with van der Waals surface area (Å²) in [5.41, 5.74) is 4.55. The largest absolute Gasteiger partial charge is 0.292 e. The molecule has 3 rings (SSSR count). The monoisotopic (exact) mass is 242 g/mol. The van der Waals surface area contributed by atoms with Crippen molar-refractivity contribution in [2.24, 2.45) is 4.99 Å². The van der Waals surface area contributed by atoms with Gasteiger partial charge < -0.3 is 0 Å². The van der Waals surface area contributed by atoms with Gasteiger partial charge in [-0.15, -0.1) is 0 Å². The second-order valence-electron chi connectivity index (χ2n) is 4.06. The van der Waals surface area contributed by atoms with Crippen LogP contribution in [0.25, 0.3) is 11.3 Å². The smallest absolute Gasteiger partial charge is 0.0705 e. The van der Waals surface area contributed by atoms with Gasteiger partial charge in [0.05, 0.1) is 5.69 Å². The fraction of sp³-hybridized carbons (Fsp3) is 0.143. The molecule has 1 aromatic heterocycles. The molecule has 0 amide bonds. The second kappa shape index (κ2) is 4.30. The molecule has 0 unspecified atom stereocenters. The number of hydrogen-bond donors (Lipinski definition) is 0. The van der Waals surface area contributed by atoms with Crippen molar-refractivity contribution in [3.05, 3.63) is 52.7 Å². The molecule has 84 valence electrons. The number of benzene rings is 1. The van der Waals surface area contributed by atoms with E-state index in [2.05, 4.69) is 16.0 Å². The molecular formula is C14H11ClN2. The van der Waals surface area contributed by atoms with Crippen molar-refractivity contribution in [3.63, 3.8) is 0 Å². The molecule has 2 nitrogen and oxygen atoms in total. The molecule has 2 heterocycles. The lowest BCUT2D eigenvalue weighted by atomic mass is 10.0. The molecule has 3 heteroatoms. The third-order valence-electron chi connectivity index (χ3n) is 2.91. The number of halogens is 1. The van der Waals surface area contributed by atoms with Gasteiger partial charge in [-0.25, -0.2) is 0 Å². The van der Waals surface area contributed by atoms with Gasteiger partial charge in [0, 0.05) is 35.1 Å². The second-order valence-corrected chi connectivity index (χ2v) is 4.50. The molecule has 0 bridgehead atoms. The zero-order valence-electron chi connectivity index (χ0n) is 9.23. The number of aromatic nitrogens is 1. The van der Waals surface area contributed by atoms with Crippen LogP contribution in [0.3, 0.4) is 0 Å². The minimum absolute atomic E-state index is 0.749. The third-order valence-corrected chi connectivity index (χ3v) is 3.16. The molecule has 0 spiro atoms. The lowest BCUT2D eigenvalue weighted by Gasteiger charge is -2.11. The summed E-state index contributed by atoms with van der Waals surface area (Å²) in [5.74, 6) is 0. The lowest BCUT2D eigenvalue weighted by Crippen LogP contribution is -2.04. The van der Waals surface area contributed by atoms with Crippen LogP contribution in [0, 0.1) is 0 Å². The normalized spacial score (nSPS) is 13.5. The number of pyridine rings is 1. The van der Waals surface area contributed by atoms with Crippen LogP contribution in [-0.2, 0) is 6.42 Å². The Morgan fingerprint density at radius 1 is 1.12 bits per heavy atom. The van der Waals surface area contributed by atoms with E-state index in [1.807, 2.05) is 36.7 Å². The standard InChI is InChI=1S/C14H11ClN2/c15-13-3-1-10(2-4-13)14-7-11-5-6-16-8-12(11)9-17-14/h1-4,7-9H,5-6H2. The van der Waals surface area contributed by atoms with Gasteiger partial charge in [-0.1, -0.05) is 23.7 Å². The van der Waals surface area contributed by atoms with E-state index in [4.69, 9.17) is 11.6 Å². The molecule has 17 heavy (non-hydrogen) atoms. The van der Waals surface area contributed by atoms with Crippen molar-refractivity contribution < 1.29 is 0 Å². The summed E-state index contributed by atoms with van der Waals surface area (Å²) in [7, 11) is 0. The molecule has 0 saturated carbocycles. The van der Waals surface area contributed by atoms with Crippen molar-refractivity contribution in [2.45, 2.75) is 6.42 Å². The minimum atomic E-state index is 0.749. The van der Waals surface area contributed by atoms with Gasteiger partial charge in [0.25, 0.3) is 0 Å². The Labute approximate surface area is 105 Å². The average Bonchev–Trinajstić information content (AvgIpc) is 2.39. The van der Waals surface area contributed by atoms with E-state index in [-0.39, 0.29) is 0 Å². The van der Waals surface area contributed by atoms with Crippen molar-refractivity contribution in [1.82, 2.24) is 4.98 Å². The molecule has 0 radical (unpaired) electrons. The Bertz CT molecular complexity index is 573. The van der Waals surface area contributed by atoms with Crippen LogP contribution in [-0.4, -0.2) is 17.7 Å². The quantitative estimate of drug-likeness (QED) is 0.753. The predicted molar refractivity (Wildman–Crippen MR) is 70.8 cm³/mol. The van der Waals surface area contributed by atoms with Gasteiger partial charge in [-0.3, -0.25) is 9.98 Å². The van der Waals surface area contributed by atoms with E-state index in [1.54, 1.807) is 0 Å². The maximum Gasteiger partial charge on any atom is 0.0705 e. The first-order valence-electron chi connectivity index (χ1n) is 5.57. The summed E-state index contributed by atoms with van der Waals surface area (Å²) in [6.07, 6.45) is 4.79. The highest BCUT2D eigenvalue weighted by Gasteiger charge is 2.08. The Morgan fingerprint density at radius 2 is 1.94 bits per heavy atom. The summed E-state index contributed by atoms with van der Waals surface area (Å²) < 4.78 is 0. The van der Waals surface area contributed by atoms with E-state index < -0.39 is 0 Å². The van der Waals surface area contributed by atoms with E-state index >= 15 is 0 Å². The number of hydrogen-bond acceptors (Lipinski definition) is 2. The summed E-state index contributed by atoms with van der Waals surface area (Å²) in [5, 5.41) is 0.749. The summed E-state index contributed by atoms with van der Waals surface area (Å²) >= 11 is 5.88. The van der Waals surface area contributed by atoms with Gasteiger partial charge >= 0.3 is 0 Å². The predicted octanol–water partition coefficient (Wildman–Crippen LogP) is 3.38. The Hall–Kier alpha value is -1.67. The fourth-order valence-electron chi connectivity index (χ4n) is 1.97. The molecule has 0 aliphatic carbocycles. The summed E-state index contributed by atoms with van der Waals surface area (Å²) in [6, 6.07) is 9.91. The van der Waals surface area contributed by atoms with Crippen LogP contribution in [0.4, 0.5) is 0 Å². The first kappa shape index (κ1) is 10.5. The van der Waals surface area contributed by atoms with Crippen molar-refractivity contribution in [2.75, 3.05) is 6.54 Å². The van der Waals surface area contributed by atoms with Crippen molar-refractivity contribution in [3.8, 4) is 11.3 Å². The molecule has 1 aliphatic heterocycles.